The Hall–Kier alpha value is -1.01. The van der Waals surface area contributed by atoms with Gasteiger partial charge in [0, 0.05) is 17.0 Å². The molecule has 0 saturated carbocycles. The minimum absolute atomic E-state index is 0.187. The molecule has 1 aromatic carbocycles. The molecule has 1 radical (unpaired) electrons. The average Bonchev–Trinajstić information content (AvgIpc) is 2.80. The maximum absolute atomic E-state index is 13.4. The predicted molar refractivity (Wildman–Crippen MR) is 77.0 cm³/mol. The molecule has 2 rings (SSSR count). The maximum Gasteiger partial charge on any atom is 0.459 e. The molecule has 1 heterocycles. The Morgan fingerprint density at radius 2 is 1.68 bits per heavy atom. The van der Waals surface area contributed by atoms with Gasteiger partial charge in [0.25, 0.3) is 0 Å². The van der Waals surface area contributed by atoms with Crippen molar-refractivity contribution >= 4 is 39.3 Å². The number of aromatic nitrogens is 2. The van der Waals surface area contributed by atoms with Crippen molar-refractivity contribution in [2.75, 3.05) is 0 Å². The summed E-state index contributed by atoms with van der Waals surface area (Å²) in [6, 6.07) is 4.37. The largest absolute Gasteiger partial charge is 0.459 e. The first-order valence-corrected chi connectivity index (χ1v) is 7.89. The van der Waals surface area contributed by atoms with Crippen LogP contribution in [0.25, 0.3) is 5.69 Å². The predicted octanol–water partition coefficient (Wildman–Crippen LogP) is 6.35. The summed E-state index contributed by atoms with van der Waals surface area (Å²) in [5.41, 5.74) is -6.87. The molecule has 13 heteroatoms. The van der Waals surface area contributed by atoms with Gasteiger partial charge in [0.2, 0.25) is 0 Å². The van der Waals surface area contributed by atoms with Gasteiger partial charge in [-0.1, -0.05) is 11.6 Å². The van der Waals surface area contributed by atoms with Gasteiger partial charge in [0.05, 0.1) is 10.7 Å². The first-order chi connectivity index (χ1) is 11.2. The quantitative estimate of drug-likeness (QED) is 0.381. The van der Waals surface area contributed by atoms with Crippen LogP contribution in [0.3, 0.4) is 0 Å². The van der Waals surface area contributed by atoms with Gasteiger partial charge in [0.15, 0.2) is 0 Å². The monoisotopic (exact) mass is 473 g/mol. The fourth-order valence-electron chi connectivity index (χ4n) is 1.64. The van der Waals surface area contributed by atoms with Crippen LogP contribution in [0, 0.1) is 6.07 Å². The van der Waals surface area contributed by atoms with E-state index < -0.39 is 50.2 Å². The van der Waals surface area contributed by atoms with Crippen LogP contribution in [0.4, 0.5) is 35.1 Å². The van der Waals surface area contributed by atoms with Crippen LogP contribution < -0.4 is 0 Å². The van der Waals surface area contributed by atoms with E-state index in [1.807, 2.05) is 0 Å². The highest BCUT2D eigenvalue weighted by atomic mass is 79.9. The lowest BCUT2D eigenvalue weighted by Gasteiger charge is -2.17. The van der Waals surface area contributed by atoms with Gasteiger partial charge in [-0.15, -0.1) is 0 Å². The number of rotatable bonds is 3. The summed E-state index contributed by atoms with van der Waals surface area (Å²) in [7, 11) is 0. The zero-order chi connectivity index (χ0) is 19.2. The number of halogens is 10. The Kier molecular flexibility index (Phi) is 5.37. The molecule has 0 aliphatic rings. The lowest BCUT2D eigenvalue weighted by Crippen LogP contribution is -2.34. The SMILES string of the molecule is FC(F)(F)Sc1c[c]c(Cl)cc1-n1nc(C(F)(F)C(F)(F)F)cc1Br. The van der Waals surface area contributed by atoms with E-state index in [0.717, 1.165) is 12.1 Å². The second-order valence-corrected chi connectivity index (χ2v) is 6.74. The van der Waals surface area contributed by atoms with Crippen LogP contribution in [0.1, 0.15) is 5.69 Å². The molecule has 0 N–H and O–H groups in total. The Labute approximate surface area is 152 Å². The first-order valence-electron chi connectivity index (χ1n) is 5.90. The van der Waals surface area contributed by atoms with E-state index in [2.05, 4.69) is 27.1 Å². The van der Waals surface area contributed by atoms with Crippen molar-refractivity contribution in [3.8, 4) is 5.69 Å². The van der Waals surface area contributed by atoms with Crippen molar-refractivity contribution in [1.29, 1.82) is 0 Å². The van der Waals surface area contributed by atoms with Crippen LogP contribution in [-0.2, 0) is 5.92 Å². The molecule has 2 aromatic rings. The van der Waals surface area contributed by atoms with Crippen LogP contribution in [0.15, 0.2) is 27.7 Å². The van der Waals surface area contributed by atoms with Crippen LogP contribution >= 0.6 is 39.3 Å². The maximum atomic E-state index is 13.4. The summed E-state index contributed by atoms with van der Waals surface area (Å²) in [5, 5.41) is 2.91. The molecule has 137 valence electrons. The summed E-state index contributed by atoms with van der Waals surface area (Å²) in [4.78, 5) is -0.539. The normalized spacial score (nSPS) is 13.4. The minimum atomic E-state index is -5.92. The Bertz CT molecular complexity index is 786. The van der Waals surface area contributed by atoms with Gasteiger partial charge in [-0.05, 0) is 39.8 Å². The van der Waals surface area contributed by atoms with Gasteiger partial charge < -0.3 is 0 Å². The molecule has 0 bridgehead atoms. The third kappa shape index (κ3) is 4.40. The number of nitrogens with zero attached hydrogens (tertiary/aromatic N) is 2. The van der Waals surface area contributed by atoms with Crippen molar-refractivity contribution < 1.29 is 35.1 Å². The number of benzene rings is 1. The first kappa shape index (κ1) is 20.3. The topological polar surface area (TPSA) is 17.8 Å². The fourth-order valence-corrected chi connectivity index (χ4v) is 2.90. The average molecular weight is 475 g/mol. The Morgan fingerprint density at radius 3 is 2.20 bits per heavy atom. The molecule has 0 aliphatic heterocycles. The fraction of sp³-hybridized carbons (Fsp3) is 0.250. The van der Waals surface area contributed by atoms with Gasteiger partial charge in [0.1, 0.15) is 10.3 Å². The van der Waals surface area contributed by atoms with Crippen molar-refractivity contribution in [2.45, 2.75) is 22.5 Å². The molecular weight excluding hydrogens is 472 g/mol. The van der Waals surface area contributed by atoms with Crippen molar-refractivity contribution in [1.82, 2.24) is 9.78 Å². The van der Waals surface area contributed by atoms with Gasteiger partial charge in [-0.2, -0.15) is 40.2 Å². The van der Waals surface area contributed by atoms with E-state index in [0.29, 0.717) is 10.7 Å². The number of hydrogen-bond donors (Lipinski definition) is 0. The molecule has 0 spiro atoms. The summed E-state index contributed by atoms with van der Waals surface area (Å²) in [6.07, 6.45) is -5.92. The third-order valence-electron chi connectivity index (χ3n) is 2.65. The molecule has 1 aromatic heterocycles. The molecule has 0 amide bonds. The lowest BCUT2D eigenvalue weighted by atomic mass is 10.2. The Balaban J connectivity index is 2.59. The van der Waals surface area contributed by atoms with E-state index in [-0.39, 0.29) is 5.02 Å². The minimum Gasteiger partial charge on any atom is -0.225 e. The van der Waals surface area contributed by atoms with Gasteiger partial charge in [-0.25, -0.2) is 4.68 Å². The molecule has 0 unspecified atom stereocenters. The second kappa shape index (κ2) is 6.62. The summed E-state index contributed by atoms with van der Waals surface area (Å²) < 4.78 is 102. The van der Waals surface area contributed by atoms with E-state index in [9.17, 15) is 35.1 Å². The smallest absolute Gasteiger partial charge is 0.225 e. The highest BCUT2D eigenvalue weighted by molar-refractivity contribution is 9.10. The molecule has 2 nitrogen and oxygen atoms in total. The number of thioether (sulfide) groups is 1. The van der Waals surface area contributed by atoms with E-state index in [1.54, 1.807) is 0 Å². The van der Waals surface area contributed by atoms with Crippen molar-refractivity contribution in [3.05, 3.63) is 39.6 Å². The van der Waals surface area contributed by atoms with Crippen LogP contribution in [0.2, 0.25) is 5.02 Å². The standard InChI is InChI=1S/C12H3BrClF8N2S/c13-9-4-8(10(15,16)11(17,18)19)23-24(9)6-3-5(14)1-2-7(6)25-12(20,21)22/h2-4H. The highest BCUT2D eigenvalue weighted by Crippen LogP contribution is 2.45. The molecule has 25 heavy (non-hydrogen) atoms. The van der Waals surface area contributed by atoms with E-state index in [4.69, 9.17) is 11.6 Å². The van der Waals surface area contributed by atoms with E-state index in [1.165, 1.54) is 0 Å². The van der Waals surface area contributed by atoms with Crippen molar-refractivity contribution in [3.63, 3.8) is 0 Å². The number of alkyl halides is 8. The third-order valence-corrected chi connectivity index (χ3v) is 4.22. The number of hydrogen-bond acceptors (Lipinski definition) is 2. The zero-order valence-corrected chi connectivity index (χ0v) is 14.5. The summed E-state index contributed by atoms with van der Waals surface area (Å²) in [6.45, 7) is 0. The van der Waals surface area contributed by atoms with Crippen LogP contribution in [0.5, 0.6) is 0 Å². The zero-order valence-electron chi connectivity index (χ0n) is 11.3. The molecule has 0 aliphatic carbocycles. The summed E-state index contributed by atoms with van der Waals surface area (Å²) >= 11 is 7.72. The van der Waals surface area contributed by atoms with Gasteiger partial charge in [-0.3, -0.25) is 0 Å². The van der Waals surface area contributed by atoms with Gasteiger partial charge >= 0.3 is 17.6 Å². The van der Waals surface area contributed by atoms with E-state index >= 15 is 0 Å². The summed E-state index contributed by atoms with van der Waals surface area (Å²) in [5.74, 6) is -5.29. The Morgan fingerprint density at radius 1 is 1.08 bits per heavy atom. The van der Waals surface area contributed by atoms with Crippen LogP contribution in [-0.4, -0.2) is 21.5 Å². The van der Waals surface area contributed by atoms with Crippen molar-refractivity contribution in [2.24, 2.45) is 0 Å². The molecule has 0 saturated heterocycles. The molecular formula is C12H3BrClF8N2S. The second-order valence-electron chi connectivity index (χ2n) is 4.41. The molecule has 0 atom stereocenters. The highest BCUT2D eigenvalue weighted by Gasteiger charge is 2.60. The lowest BCUT2D eigenvalue weighted by molar-refractivity contribution is -0.291. The molecule has 0 fully saturated rings.